The lowest BCUT2D eigenvalue weighted by atomic mass is 9.83. The smallest absolute Gasteiger partial charge is 0.198 e. The number of Topliss-reactive ketones (excluding diaryl/α,β-unsaturated/α-hetero) is 1. The van der Waals surface area contributed by atoms with Gasteiger partial charge in [0.15, 0.2) is 5.78 Å². The highest BCUT2D eigenvalue weighted by atomic mass is 35.5. The van der Waals surface area contributed by atoms with E-state index in [0.29, 0.717) is 15.8 Å². The third-order valence-electron chi connectivity index (χ3n) is 2.98. The van der Waals surface area contributed by atoms with Crippen LogP contribution in [0.4, 0.5) is 0 Å². The second-order valence-corrected chi connectivity index (χ2v) is 5.88. The van der Waals surface area contributed by atoms with Gasteiger partial charge in [-0.25, -0.2) is 0 Å². The van der Waals surface area contributed by atoms with E-state index in [1.165, 1.54) is 30.6 Å². The van der Waals surface area contributed by atoms with E-state index >= 15 is 0 Å². The van der Waals surface area contributed by atoms with Crippen LogP contribution in [0.1, 0.15) is 35.4 Å². The molecule has 0 atom stereocenters. The van der Waals surface area contributed by atoms with E-state index in [0.717, 1.165) is 12.3 Å². The number of halogens is 1. The second-order valence-electron chi connectivity index (χ2n) is 4.17. The summed E-state index contributed by atoms with van der Waals surface area (Å²) < 4.78 is 6.03. The van der Waals surface area contributed by atoms with Gasteiger partial charge >= 0.3 is 0 Å². The summed E-state index contributed by atoms with van der Waals surface area (Å²) in [5, 5.41) is 0. The van der Waals surface area contributed by atoms with Crippen molar-refractivity contribution in [3.8, 4) is 0 Å². The fourth-order valence-electron chi connectivity index (χ4n) is 1.73. The van der Waals surface area contributed by atoms with Gasteiger partial charge in [0.25, 0.3) is 0 Å². The van der Waals surface area contributed by atoms with Crippen LogP contribution in [-0.4, -0.2) is 19.0 Å². The van der Waals surface area contributed by atoms with Crippen LogP contribution in [0.25, 0.3) is 0 Å². The third kappa shape index (κ3) is 3.30. The summed E-state index contributed by atoms with van der Waals surface area (Å²) in [6.07, 6.45) is 5.12. The van der Waals surface area contributed by atoms with Crippen molar-refractivity contribution in [1.29, 1.82) is 0 Å². The number of ether oxygens (including phenoxy) is 1. The molecule has 88 valence electrons. The van der Waals surface area contributed by atoms with E-state index < -0.39 is 0 Å². The monoisotopic (exact) mass is 258 g/mol. The Hall–Kier alpha value is -0.380. The number of hydrogen-bond donors (Lipinski definition) is 0. The molecule has 1 saturated carbocycles. The van der Waals surface area contributed by atoms with E-state index in [1.54, 1.807) is 12.1 Å². The van der Waals surface area contributed by atoms with E-state index in [4.69, 9.17) is 16.3 Å². The Morgan fingerprint density at radius 1 is 1.50 bits per heavy atom. The summed E-state index contributed by atoms with van der Waals surface area (Å²) in [6.45, 7) is 0.888. The minimum atomic E-state index is 0.0329. The SMILES string of the molecule is O=C(COCCC1CCC1)c1ccc(Cl)s1. The van der Waals surface area contributed by atoms with Gasteiger partial charge in [0.05, 0.1) is 9.21 Å². The lowest BCUT2D eigenvalue weighted by Crippen LogP contribution is -2.15. The quantitative estimate of drug-likeness (QED) is 0.573. The lowest BCUT2D eigenvalue weighted by Gasteiger charge is -2.24. The maximum absolute atomic E-state index is 11.6. The number of carbonyl (C=O) groups excluding carboxylic acids is 1. The van der Waals surface area contributed by atoms with Gasteiger partial charge < -0.3 is 4.74 Å². The van der Waals surface area contributed by atoms with Crippen LogP contribution in [-0.2, 0) is 4.74 Å². The molecule has 0 aliphatic heterocycles. The van der Waals surface area contributed by atoms with Crippen molar-refractivity contribution in [2.75, 3.05) is 13.2 Å². The van der Waals surface area contributed by atoms with Crippen molar-refractivity contribution in [1.82, 2.24) is 0 Å². The van der Waals surface area contributed by atoms with Crippen molar-refractivity contribution >= 4 is 28.7 Å². The Balaban J connectivity index is 1.63. The molecule has 1 aromatic rings. The first-order chi connectivity index (χ1) is 7.75. The molecule has 1 fully saturated rings. The molecule has 0 bridgehead atoms. The van der Waals surface area contributed by atoms with E-state index in [-0.39, 0.29) is 12.4 Å². The van der Waals surface area contributed by atoms with Crippen LogP contribution in [0, 0.1) is 5.92 Å². The molecular weight excluding hydrogens is 244 g/mol. The first-order valence-electron chi connectivity index (χ1n) is 5.62. The van der Waals surface area contributed by atoms with Gasteiger partial charge in [-0.05, 0) is 24.5 Å². The topological polar surface area (TPSA) is 26.3 Å². The summed E-state index contributed by atoms with van der Waals surface area (Å²) in [5.41, 5.74) is 0. The van der Waals surface area contributed by atoms with Crippen LogP contribution >= 0.6 is 22.9 Å². The van der Waals surface area contributed by atoms with Crippen LogP contribution < -0.4 is 0 Å². The summed E-state index contributed by atoms with van der Waals surface area (Å²) in [4.78, 5) is 12.3. The average Bonchev–Trinajstić information content (AvgIpc) is 2.61. The van der Waals surface area contributed by atoms with Crippen LogP contribution in [0.2, 0.25) is 4.34 Å². The number of hydrogen-bond acceptors (Lipinski definition) is 3. The standard InChI is InChI=1S/C12H15ClO2S/c13-12-5-4-11(16-12)10(14)8-15-7-6-9-2-1-3-9/h4-5,9H,1-3,6-8H2. The van der Waals surface area contributed by atoms with Gasteiger partial charge in [-0.3, -0.25) is 4.79 Å². The molecular formula is C12H15ClO2S. The minimum Gasteiger partial charge on any atom is -0.373 e. The molecule has 0 aromatic carbocycles. The molecule has 4 heteroatoms. The Morgan fingerprint density at radius 3 is 2.88 bits per heavy atom. The molecule has 0 unspecified atom stereocenters. The molecule has 2 nitrogen and oxygen atoms in total. The maximum Gasteiger partial charge on any atom is 0.198 e. The lowest BCUT2D eigenvalue weighted by molar-refractivity contribution is 0.0708. The largest absolute Gasteiger partial charge is 0.373 e. The molecule has 1 aromatic heterocycles. The van der Waals surface area contributed by atoms with E-state index in [2.05, 4.69) is 0 Å². The average molecular weight is 259 g/mol. The first kappa shape index (κ1) is 12.1. The van der Waals surface area contributed by atoms with Crippen molar-refractivity contribution in [2.45, 2.75) is 25.7 Å². The molecule has 1 aliphatic rings. The molecule has 0 saturated heterocycles. The van der Waals surface area contributed by atoms with Crippen molar-refractivity contribution in [3.05, 3.63) is 21.3 Å². The normalized spacial score (nSPS) is 16.1. The van der Waals surface area contributed by atoms with E-state index in [1.807, 2.05) is 0 Å². The molecule has 16 heavy (non-hydrogen) atoms. The fraction of sp³-hybridized carbons (Fsp3) is 0.583. The minimum absolute atomic E-state index is 0.0329. The highest BCUT2D eigenvalue weighted by Crippen LogP contribution is 2.29. The zero-order valence-corrected chi connectivity index (χ0v) is 10.6. The molecule has 0 amide bonds. The van der Waals surface area contributed by atoms with Crippen LogP contribution in [0.5, 0.6) is 0 Å². The highest BCUT2D eigenvalue weighted by Gasteiger charge is 2.17. The number of thiophene rings is 1. The van der Waals surface area contributed by atoms with Crippen molar-refractivity contribution < 1.29 is 9.53 Å². The molecule has 0 N–H and O–H groups in total. The predicted octanol–water partition coefficient (Wildman–Crippen LogP) is 3.79. The maximum atomic E-state index is 11.6. The Kier molecular flexibility index (Phi) is 4.38. The zero-order valence-electron chi connectivity index (χ0n) is 9.08. The highest BCUT2D eigenvalue weighted by molar-refractivity contribution is 7.18. The number of rotatable bonds is 6. The third-order valence-corrected chi connectivity index (χ3v) is 4.25. The molecule has 1 aliphatic carbocycles. The fourth-order valence-corrected chi connectivity index (χ4v) is 2.70. The van der Waals surface area contributed by atoms with Gasteiger partial charge in [-0.1, -0.05) is 30.9 Å². The zero-order chi connectivity index (χ0) is 11.4. The van der Waals surface area contributed by atoms with Crippen LogP contribution in [0.15, 0.2) is 12.1 Å². The van der Waals surface area contributed by atoms with Gasteiger partial charge in [-0.15, -0.1) is 11.3 Å². The van der Waals surface area contributed by atoms with Crippen LogP contribution in [0.3, 0.4) is 0 Å². The number of carbonyl (C=O) groups is 1. The predicted molar refractivity (Wildman–Crippen MR) is 66.4 cm³/mol. The van der Waals surface area contributed by atoms with E-state index in [9.17, 15) is 4.79 Å². The Morgan fingerprint density at radius 2 is 2.31 bits per heavy atom. The molecule has 2 rings (SSSR count). The summed E-state index contributed by atoms with van der Waals surface area (Å²) in [7, 11) is 0. The van der Waals surface area contributed by atoms with Gasteiger partial charge in [-0.2, -0.15) is 0 Å². The summed E-state index contributed by atoms with van der Waals surface area (Å²) in [5.74, 6) is 0.872. The summed E-state index contributed by atoms with van der Waals surface area (Å²) in [6, 6.07) is 3.50. The van der Waals surface area contributed by atoms with Gasteiger partial charge in [0.1, 0.15) is 6.61 Å². The molecule has 1 heterocycles. The van der Waals surface area contributed by atoms with Crippen molar-refractivity contribution in [3.63, 3.8) is 0 Å². The van der Waals surface area contributed by atoms with Gasteiger partial charge in [0, 0.05) is 6.61 Å². The first-order valence-corrected chi connectivity index (χ1v) is 6.81. The summed E-state index contributed by atoms with van der Waals surface area (Å²) >= 11 is 7.07. The molecule has 0 radical (unpaired) electrons. The number of ketones is 1. The molecule has 0 spiro atoms. The second kappa shape index (κ2) is 5.80. The Labute approximate surface area is 105 Å². The Bertz CT molecular complexity index is 358. The van der Waals surface area contributed by atoms with Crippen molar-refractivity contribution in [2.24, 2.45) is 5.92 Å². The van der Waals surface area contributed by atoms with Gasteiger partial charge in [0.2, 0.25) is 0 Å².